The van der Waals surface area contributed by atoms with Gasteiger partial charge < -0.3 is 9.47 Å². The number of nitrogens with zero attached hydrogens (tertiary/aromatic N) is 1. The van der Waals surface area contributed by atoms with Crippen LogP contribution in [-0.2, 0) is 11.3 Å². The lowest BCUT2D eigenvalue weighted by atomic mass is 10.1. The molecule has 1 aromatic heterocycles. The van der Waals surface area contributed by atoms with Gasteiger partial charge in [-0.3, -0.25) is 0 Å². The van der Waals surface area contributed by atoms with Gasteiger partial charge in [-0.05, 0) is 36.7 Å². The fourth-order valence-corrected chi connectivity index (χ4v) is 2.06. The van der Waals surface area contributed by atoms with E-state index in [-0.39, 0.29) is 5.97 Å². The molecule has 0 unspecified atom stereocenters. The maximum Gasteiger partial charge on any atom is 0.338 e. The van der Waals surface area contributed by atoms with Crippen molar-refractivity contribution in [3.63, 3.8) is 0 Å². The van der Waals surface area contributed by atoms with Gasteiger partial charge in [0.25, 0.3) is 0 Å². The highest BCUT2D eigenvalue weighted by atomic mass is 32.1. The molecule has 5 heteroatoms. The largest absolute Gasteiger partial charge is 0.488 e. The van der Waals surface area contributed by atoms with Crippen LogP contribution < -0.4 is 4.74 Å². The molecule has 0 saturated carbocycles. The molecule has 0 saturated heterocycles. The van der Waals surface area contributed by atoms with Crippen molar-refractivity contribution >= 4 is 17.5 Å². The minimum atomic E-state index is -0.351. The minimum absolute atomic E-state index is 0.351. The molecule has 1 aromatic carbocycles. The topological polar surface area (TPSA) is 48.4 Å². The van der Waals surface area contributed by atoms with Crippen LogP contribution in [0.15, 0.2) is 30.5 Å². The number of carbonyl (C=O) groups is 1. The molecular weight excluding hydrogens is 250 g/mol. The van der Waals surface area contributed by atoms with Crippen molar-refractivity contribution in [3.05, 3.63) is 46.5 Å². The van der Waals surface area contributed by atoms with E-state index >= 15 is 0 Å². The Morgan fingerprint density at radius 2 is 2.22 bits per heavy atom. The zero-order chi connectivity index (χ0) is 13.0. The number of carbonyl (C=O) groups excluding carboxylic acids is 1. The van der Waals surface area contributed by atoms with E-state index in [1.165, 1.54) is 18.6 Å². The molecule has 0 N–H and O–H groups in total. The Morgan fingerprint density at radius 3 is 2.89 bits per heavy atom. The summed E-state index contributed by atoms with van der Waals surface area (Å²) in [6, 6.07) is 7.24. The summed E-state index contributed by atoms with van der Waals surface area (Å²) in [5.41, 5.74) is 1.31. The van der Waals surface area contributed by atoms with Crippen LogP contribution in [0.1, 0.15) is 20.8 Å². The number of rotatable bonds is 4. The number of methoxy groups -OCH3 is 1. The molecule has 0 atom stereocenters. The molecule has 0 radical (unpaired) electrons. The van der Waals surface area contributed by atoms with Gasteiger partial charge in [0.15, 0.2) is 0 Å². The third-order valence-electron chi connectivity index (χ3n) is 2.55. The van der Waals surface area contributed by atoms with Gasteiger partial charge in [-0.1, -0.05) is 6.07 Å². The molecule has 2 aromatic rings. The molecule has 4 nitrogen and oxygen atoms in total. The first-order valence-electron chi connectivity index (χ1n) is 5.42. The third-order valence-corrected chi connectivity index (χ3v) is 3.27. The second-order valence-electron chi connectivity index (χ2n) is 3.69. The highest BCUT2D eigenvalue weighted by molar-refractivity contribution is 7.05. The Bertz CT molecular complexity index is 537. The predicted molar refractivity (Wildman–Crippen MR) is 69.0 cm³/mol. The number of benzene rings is 1. The molecule has 2 rings (SSSR count). The average molecular weight is 263 g/mol. The van der Waals surface area contributed by atoms with E-state index in [4.69, 9.17) is 9.47 Å². The second-order valence-corrected chi connectivity index (χ2v) is 4.61. The number of esters is 1. The Balaban J connectivity index is 2.16. The monoisotopic (exact) mass is 263 g/mol. The summed E-state index contributed by atoms with van der Waals surface area (Å²) in [4.78, 5) is 12.6. The first kappa shape index (κ1) is 12.6. The van der Waals surface area contributed by atoms with Crippen molar-refractivity contribution in [3.8, 4) is 5.75 Å². The maximum atomic E-state index is 11.5. The van der Waals surface area contributed by atoms with Crippen molar-refractivity contribution in [1.29, 1.82) is 0 Å². The van der Waals surface area contributed by atoms with Crippen molar-refractivity contribution < 1.29 is 14.3 Å². The highest BCUT2D eigenvalue weighted by Gasteiger charge is 2.12. The lowest BCUT2D eigenvalue weighted by molar-refractivity contribution is 0.0599. The predicted octanol–water partition coefficient (Wildman–Crippen LogP) is 2.82. The van der Waals surface area contributed by atoms with E-state index in [1.54, 1.807) is 18.3 Å². The van der Waals surface area contributed by atoms with E-state index in [2.05, 4.69) is 4.37 Å². The van der Waals surface area contributed by atoms with E-state index in [9.17, 15) is 4.79 Å². The van der Waals surface area contributed by atoms with Crippen LogP contribution in [0.2, 0.25) is 0 Å². The van der Waals surface area contributed by atoms with Crippen LogP contribution >= 0.6 is 11.5 Å². The Morgan fingerprint density at radius 1 is 1.39 bits per heavy atom. The fourth-order valence-electron chi connectivity index (χ4n) is 1.57. The second kappa shape index (κ2) is 5.64. The molecule has 0 aliphatic carbocycles. The normalized spacial score (nSPS) is 10.1. The van der Waals surface area contributed by atoms with E-state index in [1.807, 2.05) is 19.1 Å². The number of hydrogen-bond acceptors (Lipinski definition) is 5. The molecule has 0 fully saturated rings. The van der Waals surface area contributed by atoms with Gasteiger partial charge in [0.1, 0.15) is 12.4 Å². The zero-order valence-electron chi connectivity index (χ0n) is 10.2. The molecular formula is C13H13NO3S. The van der Waals surface area contributed by atoms with Crippen molar-refractivity contribution in [2.45, 2.75) is 13.5 Å². The lowest BCUT2D eigenvalue weighted by Crippen LogP contribution is -2.05. The first-order chi connectivity index (χ1) is 8.72. The average Bonchev–Trinajstić information content (AvgIpc) is 2.90. The van der Waals surface area contributed by atoms with Crippen LogP contribution in [0.4, 0.5) is 0 Å². The summed E-state index contributed by atoms with van der Waals surface area (Å²) in [5, 5.41) is 0. The molecule has 18 heavy (non-hydrogen) atoms. The van der Waals surface area contributed by atoms with Gasteiger partial charge in [0.05, 0.1) is 17.6 Å². The molecule has 0 amide bonds. The lowest BCUT2D eigenvalue weighted by Gasteiger charge is -2.10. The Kier molecular flexibility index (Phi) is 3.94. The Labute approximate surface area is 109 Å². The van der Waals surface area contributed by atoms with Crippen LogP contribution in [0.3, 0.4) is 0 Å². The highest BCUT2D eigenvalue weighted by Crippen LogP contribution is 2.23. The van der Waals surface area contributed by atoms with Crippen molar-refractivity contribution in [1.82, 2.24) is 4.37 Å². The number of hydrogen-bond donors (Lipinski definition) is 0. The number of aromatic nitrogens is 1. The van der Waals surface area contributed by atoms with Gasteiger partial charge in [-0.2, -0.15) is 0 Å². The van der Waals surface area contributed by atoms with E-state index < -0.39 is 0 Å². The quantitative estimate of drug-likeness (QED) is 0.796. The van der Waals surface area contributed by atoms with Crippen LogP contribution in [0, 0.1) is 6.92 Å². The van der Waals surface area contributed by atoms with Crippen molar-refractivity contribution in [2.24, 2.45) is 0 Å². The summed E-state index contributed by atoms with van der Waals surface area (Å²) in [7, 11) is 1.37. The van der Waals surface area contributed by atoms with E-state index in [0.29, 0.717) is 17.9 Å². The van der Waals surface area contributed by atoms with Gasteiger partial charge in [0.2, 0.25) is 0 Å². The van der Waals surface area contributed by atoms with Gasteiger partial charge >= 0.3 is 5.97 Å². The number of ether oxygens (including phenoxy) is 2. The summed E-state index contributed by atoms with van der Waals surface area (Å²) in [5.74, 6) is 0.335. The smallest absolute Gasteiger partial charge is 0.338 e. The standard InChI is InChI=1S/C13H13NO3S/c1-9-11(13(15)16-2)4-3-5-12(9)17-8-10-6-7-14-18-10/h3-7H,8H2,1-2H3. The maximum absolute atomic E-state index is 11.5. The summed E-state index contributed by atoms with van der Waals surface area (Å²) in [6.07, 6.45) is 1.74. The zero-order valence-corrected chi connectivity index (χ0v) is 11.0. The molecule has 0 spiro atoms. The molecule has 0 aliphatic heterocycles. The fraction of sp³-hybridized carbons (Fsp3) is 0.231. The van der Waals surface area contributed by atoms with Gasteiger partial charge in [-0.25, -0.2) is 9.17 Å². The summed E-state index contributed by atoms with van der Waals surface area (Å²) in [6.45, 7) is 2.30. The van der Waals surface area contributed by atoms with Crippen LogP contribution in [0.5, 0.6) is 5.75 Å². The molecule has 0 bridgehead atoms. The molecule has 0 aliphatic rings. The summed E-state index contributed by atoms with van der Waals surface area (Å²) >= 11 is 1.40. The van der Waals surface area contributed by atoms with Crippen molar-refractivity contribution in [2.75, 3.05) is 7.11 Å². The first-order valence-corrected chi connectivity index (χ1v) is 6.20. The minimum Gasteiger partial charge on any atom is -0.488 e. The van der Waals surface area contributed by atoms with Gasteiger partial charge in [0, 0.05) is 11.8 Å². The molecule has 1 heterocycles. The SMILES string of the molecule is COC(=O)c1cccc(OCc2ccns2)c1C. The van der Waals surface area contributed by atoms with Gasteiger partial charge in [-0.15, -0.1) is 0 Å². The Hall–Kier alpha value is -1.88. The third kappa shape index (κ3) is 2.68. The molecule has 94 valence electrons. The van der Waals surface area contributed by atoms with E-state index in [0.717, 1.165) is 10.4 Å². The van der Waals surface area contributed by atoms with Crippen LogP contribution in [-0.4, -0.2) is 17.5 Å². The summed E-state index contributed by atoms with van der Waals surface area (Å²) < 4.78 is 14.4. The van der Waals surface area contributed by atoms with Crippen LogP contribution in [0.25, 0.3) is 0 Å².